The Kier molecular flexibility index (Phi) is 2.78. The Morgan fingerprint density at radius 3 is 2.67 bits per heavy atom. The van der Waals surface area contributed by atoms with Crippen LogP contribution in [-0.4, -0.2) is 16.5 Å². The summed E-state index contributed by atoms with van der Waals surface area (Å²) in [5.41, 5.74) is -0.546. The van der Waals surface area contributed by atoms with Crippen molar-refractivity contribution < 1.29 is 9.90 Å². The molecule has 1 fully saturated rings. The van der Waals surface area contributed by atoms with Crippen LogP contribution in [0.15, 0.2) is 30.3 Å². The highest BCUT2D eigenvalue weighted by molar-refractivity contribution is 6.02. The lowest BCUT2D eigenvalue weighted by Gasteiger charge is -2.25. The van der Waals surface area contributed by atoms with E-state index in [4.69, 9.17) is 0 Å². The SMILES string of the molecule is O=C(c1ccccc1)C1(O)C[CH+]CCC1. The number of rotatable bonds is 2. The first-order valence-corrected chi connectivity index (χ1v) is 5.36. The van der Waals surface area contributed by atoms with Gasteiger partial charge in [0.2, 0.25) is 0 Å². The summed E-state index contributed by atoms with van der Waals surface area (Å²) in [5.74, 6) is -0.140. The standard InChI is InChI=1S/C13H15O2/c14-12(11-7-3-1-4-8-11)13(15)9-5-2-6-10-13/h1,3-5,7-8,15H,2,6,9-10H2/q+1. The number of carbonyl (C=O) groups excluding carboxylic acids is 1. The Labute approximate surface area is 89.9 Å². The molecular formula is C13H15O2+. The summed E-state index contributed by atoms with van der Waals surface area (Å²) in [6.07, 6.45) is 4.97. The van der Waals surface area contributed by atoms with Crippen LogP contribution >= 0.6 is 0 Å². The summed E-state index contributed by atoms with van der Waals surface area (Å²) in [6, 6.07) is 9.03. The molecule has 1 aromatic rings. The highest BCUT2D eigenvalue weighted by atomic mass is 16.3. The van der Waals surface area contributed by atoms with Gasteiger partial charge < -0.3 is 5.11 Å². The van der Waals surface area contributed by atoms with E-state index in [0.29, 0.717) is 18.4 Å². The molecule has 1 atom stereocenters. The Morgan fingerprint density at radius 2 is 2.07 bits per heavy atom. The first kappa shape index (κ1) is 10.2. The largest absolute Gasteiger partial charge is 0.377 e. The molecule has 0 aromatic heterocycles. The number of aliphatic hydroxyl groups is 1. The predicted molar refractivity (Wildman–Crippen MR) is 58.5 cm³/mol. The lowest BCUT2D eigenvalue weighted by atomic mass is 9.79. The molecule has 2 rings (SSSR count). The third-order valence-corrected chi connectivity index (χ3v) is 2.94. The van der Waals surface area contributed by atoms with Gasteiger partial charge in [-0.05, 0) is 12.8 Å². The molecule has 1 N–H and O–H groups in total. The fourth-order valence-electron chi connectivity index (χ4n) is 2.05. The Balaban J connectivity index is 2.20. The summed E-state index contributed by atoms with van der Waals surface area (Å²) < 4.78 is 0. The van der Waals surface area contributed by atoms with Gasteiger partial charge in [0.05, 0.1) is 12.8 Å². The van der Waals surface area contributed by atoms with Crippen LogP contribution in [0.5, 0.6) is 0 Å². The van der Waals surface area contributed by atoms with Crippen molar-refractivity contribution in [3.63, 3.8) is 0 Å². The highest BCUT2D eigenvalue weighted by Gasteiger charge is 2.41. The molecule has 78 valence electrons. The highest BCUT2D eigenvalue weighted by Crippen LogP contribution is 2.30. The minimum absolute atomic E-state index is 0.140. The molecule has 0 amide bonds. The van der Waals surface area contributed by atoms with E-state index in [0.717, 1.165) is 12.8 Å². The first-order valence-electron chi connectivity index (χ1n) is 5.36. The van der Waals surface area contributed by atoms with Gasteiger partial charge in [-0.2, -0.15) is 0 Å². The van der Waals surface area contributed by atoms with Crippen molar-refractivity contribution in [2.45, 2.75) is 31.3 Å². The molecule has 2 heteroatoms. The fourth-order valence-corrected chi connectivity index (χ4v) is 2.05. The lowest BCUT2D eigenvalue weighted by molar-refractivity contribution is 0.0200. The molecule has 1 unspecified atom stereocenters. The van der Waals surface area contributed by atoms with Gasteiger partial charge in [-0.1, -0.05) is 30.3 Å². The summed E-state index contributed by atoms with van der Waals surface area (Å²) in [7, 11) is 0. The first-order chi connectivity index (χ1) is 7.22. The van der Waals surface area contributed by atoms with Gasteiger partial charge in [0.25, 0.3) is 0 Å². The van der Waals surface area contributed by atoms with Crippen LogP contribution in [0.1, 0.15) is 36.0 Å². The zero-order valence-corrected chi connectivity index (χ0v) is 8.65. The minimum atomic E-state index is -1.15. The fraction of sp³-hybridized carbons (Fsp3) is 0.385. The lowest BCUT2D eigenvalue weighted by Crippen LogP contribution is -2.40. The van der Waals surface area contributed by atoms with E-state index in [2.05, 4.69) is 0 Å². The molecular weight excluding hydrogens is 188 g/mol. The topological polar surface area (TPSA) is 37.3 Å². The normalized spacial score (nSPS) is 25.7. The maximum absolute atomic E-state index is 12.1. The number of hydrogen-bond donors (Lipinski definition) is 1. The van der Waals surface area contributed by atoms with Gasteiger partial charge in [0, 0.05) is 5.56 Å². The van der Waals surface area contributed by atoms with E-state index in [1.54, 1.807) is 12.1 Å². The molecule has 1 aliphatic carbocycles. The summed E-state index contributed by atoms with van der Waals surface area (Å²) in [5, 5.41) is 10.2. The Morgan fingerprint density at radius 1 is 1.33 bits per heavy atom. The average Bonchev–Trinajstić information content (AvgIpc) is 2.30. The quantitative estimate of drug-likeness (QED) is 0.592. The van der Waals surface area contributed by atoms with Gasteiger partial charge in [-0.25, -0.2) is 0 Å². The minimum Gasteiger partial charge on any atom is -0.377 e. The number of ketones is 1. The molecule has 15 heavy (non-hydrogen) atoms. The maximum atomic E-state index is 12.1. The molecule has 0 bridgehead atoms. The van der Waals surface area contributed by atoms with Crippen molar-refractivity contribution in [2.24, 2.45) is 0 Å². The smallest absolute Gasteiger partial charge is 0.198 e. The molecule has 0 aliphatic heterocycles. The van der Waals surface area contributed by atoms with Gasteiger partial charge in [0.1, 0.15) is 6.42 Å². The molecule has 2 nitrogen and oxygen atoms in total. The van der Waals surface area contributed by atoms with Crippen LogP contribution in [0.2, 0.25) is 0 Å². The number of carbonyl (C=O) groups is 1. The molecule has 1 aliphatic rings. The van der Waals surface area contributed by atoms with Crippen LogP contribution in [0.4, 0.5) is 0 Å². The summed E-state index contributed by atoms with van der Waals surface area (Å²) in [4.78, 5) is 12.1. The molecule has 1 aromatic carbocycles. The van der Waals surface area contributed by atoms with Gasteiger partial charge in [0.15, 0.2) is 11.4 Å². The number of benzene rings is 1. The van der Waals surface area contributed by atoms with Crippen LogP contribution in [0, 0.1) is 6.42 Å². The van der Waals surface area contributed by atoms with E-state index in [1.807, 2.05) is 24.6 Å². The van der Waals surface area contributed by atoms with Crippen LogP contribution < -0.4 is 0 Å². The van der Waals surface area contributed by atoms with Crippen molar-refractivity contribution in [2.75, 3.05) is 0 Å². The number of Topliss-reactive ketones (excluding diaryl/α,β-unsaturated/α-hetero) is 1. The van der Waals surface area contributed by atoms with Gasteiger partial charge in [-0.3, -0.25) is 4.79 Å². The van der Waals surface area contributed by atoms with Crippen molar-refractivity contribution in [3.8, 4) is 0 Å². The average molecular weight is 203 g/mol. The number of hydrogen-bond acceptors (Lipinski definition) is 2. The molecule has 0 spiro atoms. The summed E-state index contributed by atoms with van der Waals surface area (Å²) >= 11 is 0. The van der Waals surface area contributed by atoms with Crippen molar-refractivity contribution in [1.29, 1.82) is 0 Å². The second kappa shape index (κ2) is 4.07. The van der Waals surface area contributed by atoms with E-state index in [1.165, 1.54) is 0 Å². The van der Waals surface area contributed by atoms with Crippen LogP contribution in [-0.2, 0) is 0 Å². The van der Waals surface area contributed by atoms with Crippen LogP contribution in [0.3, 0.4) is 0 Å². The second-order valence-corrected chi connectivity index (χ2v) is 4.11. The molecule has 0 heterocycles. The van der Waals surface area contributed by atoms with E-state index in [-0.39, 0.29) is 5.78 Å². The van der Waals surface area contributed by atoms with Gasteiger partial charge >= 0.3 is 0 Å². The zero-order chi connectivity index (χ0) is 10.7. The van der Waals surface area contributed by atoms with Crippen molar-refractivity contribution in [3.05, 3.63) is 42.3 Å². The van der Waals surface area contributed by atoms with Crippen LogP contribution in [0.25, 0.3) is 0 Å². The zero-order valence-electron chi connectivity index (χ0n) is 8.65. The predicted octanol–water partition coefficient (Wildman–Crippen LogP) is 2.38. The third kappa shape index (κ3) is 2.05. The monoisotopic (exact) mass is 203 g/mol. The second-order valence-electron chi connectivity index (χ2n) is 4.11. The molecule has 0 saturated heterocycles. The molecule has 1 saturated carbocycles. The Bertz CT molecular complexity index is 337. The third-order valence-electron chi connectivity index (χ3n) is 2.94. The Hall–Kier alpha value is -1.28. The van der Waals surface area contributed by atoms with E-state index >= 15 is 0 Å². The molecule has 0 radical (unpaired) electrons. The summed E-state index contributed by atoms with van der Waals surface area (Å²) in [6.45, 7) is 0. The maximum Gasteiger partial charge on any atom is 0.198 e. The van der Waals surface area contributed by atoms with E-state index < -0.39 is 5.60 Å². The van der Waals surface area contributed by atoms with Crippen molar-refractivity contribution in [1.82, 2.24) is 0 Å². The van der Waals surface area contributed by atoms with Gasteiger partial charge in [-0.15, -0.1) is 0 Å². The van der Waals surface area contributed by atoms with E-state index in [9.17, 15) is 9.90 Å². The van der Waals surface area contributed by atoms with Crippen molar-refractivity contribution >= 4 is 5.78 Å².